The van der Waals surface area contributed by atoms with Crippen molar-refractivity contribution in [3.63, 3.8) is 0 Å². The molecule has 0 bridgehead atoms. The van der Waals surface area contributed by atoms with Gasteiger partial charge in [-0.15, -0.1) is 11.3 Å². The Balaban J connectivity index is 1.84. The van der Waals surface area contributed by atoms with Crippen molar-refractivity contribution in [2.24, 2.45) is 7.05 Å². The Morgan fingerprint density at radius 3 is 2.75 bits per heavy atom. The average molecular weight is 401 g/mol. The molecule has 0 atom stereocenters. The second kappa shape index (κ2) is 5.99. The molecule has 0 unspecified atom stereocenters. The molecular formula is C17H13BrN4OS. The quantitative estimate of drug-likeness (QED) is 0.527. The molecule has 0 radical (unpaired) electrons. The second-order valence-electron chi connectivity index (χ2n) is 5.54. The van der Waals surface area contributed by atoms with E-state index in [-0.39, 0.29) is 5.56 Å². The smallest absolute Gasteiger partial charge is 0.263 e. The molecule has 5 nitrogen and oxygen atoms in total. The molecule has 7 heteroatoms. The van der Waals surface area contributed by atoms with Crippen molar-refractivity contribution in [2.45, 2.75) is 6.54 Å². The highest BCUT2D eigenvalue weighted by atomic mass is 79.9. The minimum Gasteiger partial charge on any atom is -0.294 e. The first-order valence-corrected chi connectivity index (χ1v) is 8.99. The minimum absolute atomic E-state index is 0.0250. The van der Waals surface area contributed by atoms with Crippen LogP contribution in [0, 0.1) is 0 Å². The zero-order valence-electron chi connectivity index (χ0n) is 12.8. The Labute approximate surface area is 150 Å². The van der Waals surface area contributed by atoms with E-state index in [0.29, 0.717) is 11.9 Å². The van der Waals surface area contributed by atoms with Crippen LogP contribution in [0.15, 0.2) is 57.6 Å². The summed E-state index contributed by atoms with van der Waals surface area (Å²) in [7, 11) is 1.86. The zero-order chi connectivity index (χ0) is 16.7. The van der Waals surface area contributed by atoms with Crippen LogP contribution >= 0.6 is 27.3 Å². The lowest BCUT2D eigenvalue weighted by molar-refractivity contribution is 0.743. The van der Waals surface area contributed by atoms with Crippen LogP contribution in [0.1, 0.15) is 5.56 Å². The predicted molar refractivity (Wildman–Crippen MR) is 99.3 cm³/mol. The normalized spacial score (nSPS) is 11.2. The summed E-state index contributed by atoms with van der Waals surface area (Å²) < 4.78 is 4.37. The van der Waals surface area contributed by atoms with Crippen molar-refractivity contribution in [3.05, 3.63) is 68.8 Å². The van der Waals surface area contributed by atoms with Crippen molar-refractivity contribution in [1.82, 2.24) is 19.3 Å². The largest absolute Gasteiger partial charge is 0.294 e. The summed E-state index contributed by atoms with van der Waals surface area (Å²) in [6, 6.07) is 7.96. The number of rotatable bonds is 3. The van der Waals surface area contributed by atoms with Crippen molar-refractivity contribution in [2.75, 3.05) is 0 Å². The van der Waals surface area contributed by atoms with Crippen LogP contribution in [0.25, 0.3) is 21.3 Å². The van der Waals surface area contributed by atoms with E-state index in [4.69, 9.17) is 0 Å². The molecule has 3 aromatic heterocycles. The van der Waals surface area contributed by atoms with Gasteiger partial charge in [-0.05, 0) is 17.7 Å². The lowest BCUT2D eigenvalue weighted by atomic mass is 10.1. The summed E-state index contributed by atoms with van der Waals surface area (Å²) >= 11 is 4.93. The van der Waals surface area contributed by atoms with Crippen molar-refractivity contribution >= 4 is 37.5 Å². The van der Waals surface area contributed by atoms with Gasteiger partial charge in [0, 0.05) is 34.2 Å². The maximum absolute atomic E-state index is 13.0. The van der Waals surface area contributed by atoms with E-state index in [0.717, 1.165) is 26.0 Å². The fourth-order valence-corrected chi connectivity index (χ4v) is 3.84. The van der Waals surface area contributed by atoms with Gasteiger partial charge < -0.3 is 0 Å². The van der Waals surface area contributed by atoms with Gasteiger partial charge in [-0.25, -0.2) is 4.98 Å². The summed E-state index contributed by atoms with van der Waals surface area (Å²) in [6.07, 6.45) is 5.28. The van der Waals surface area contributed by atoms with E-state index in [1.165, 1.54) is 11.3 Å². The number of aromatic nitrogens is 4. The van der Waals surface area contributed by atoms with Crippen LogP contribution in [-0.2, 0) is 13.6 Å². The second-order valence-corrected chi connectivity index (χ2v) is 7.31. The summed E-state index contributed by atoms with van der Waals surface area (Å²) in [5.41, 5.74) is 2.90. The van der Waals surface area contributed by atoms with E-state index >= 15 is 0 Å². The first kappa shape index (κ1) is 15.3. The fourth-order valence-electron chi connectivity index (χ4n) is 2.67. The summed E-state index contributed by atoms with van der Waals surface area (Å²) in [4.78, 5) is 18.2. The van der Waals surface area contributed by atoms with Crippen LogP contribution < -0.4 is 5.56 Å². The number of benzene rings is 1. The first-order chi connectivity index (χ1) is 11.6. The zero-order valence-corrected chi connectivity index (χ0v) is 15.2. The van der Waals surface area contributed by atoms with Crippen LogP contribution in [0.5, 0.6) is 0 Å². The lowest BCUT2D eigenvalue weighted by Crippen LogP contribution is -2.20. The van der Waals surface area contributed by atoms with Crippen LogP contribution in [0.2, 0.25) is 0 Å². The Bertz CT molecular complexity index is 1080. The van der Waals surface area contributed by atoms with Gasteiger partial charge >= 0.3 is 0 Å². The van der Waals surface area contributed by atoms with Gasteiger partial charge in [-0.3, -0.25) is 14.0 Å². The highest BCUT2D eigenvalue weighted by Gasteiger charge is 2.13. The summed E-state index contributed by atoms with van der Waals surface area (Å²) in [5, 5.41) is 6.82. The summed E-state index contributed by atoms with van der Waals surface area (Å²) in [5.74, 6) is 0. The molecule has 0 spiro atoms. The van der Waals surface area contributed by atoms with Crippen molar-refractivity contribution in [1.29, 1.82) is 0 Å². The van der Waals surface area contributed by atoms with Gasteiger partial charge in [-0.1, -0.05) is 28.1 Å². The van der Waals surface area contributed by atoms with Gasteiger partial charge in [0.1, 0.15) is 4.83 Å². The molecule has 0 aliphatic carbocycles. The number of hydrogen-bond donors (Lipinski definition) is 0. The molecule has 0 aliphatic heterocycles. The van der Waals surface area contributed by atoms with Gasteiger partial charge in [0.25, 0.3) is 5.56 Å². The molecule has 0 aliphatic rings. The number of nitrogens with zero attached hydrogens (tertiary/aromatic N) is 4. The standard InChI is InChI=1S/C17H13BrN4OS/c1-21-7-11(6-20-21)8-22-10-19-16-15(17(22)23)14(9-24-16)12-2-4-13(18)5-3-12/h2-7,9-10H,8H2,1H3. The Morgan fingerprint density at radius 1 is 1.25 bits per heavy atom. The topological polar surface area (TPSA) is 52.7 Å². The third-order valence-corrected chi connectivity index (χ3v) is 5.24. The molecule has 0 saturated heterocycles. The number of aryl methyl sites for hydroxylation is 1. The first-order valence-electron chi connectivity index (χ1n) is 7.32. The van der Waals surface area contributed by atoms with Crippen LogP contribution in [0.3, 0.4) is 0 Å². The molecule has 0 saturated carbocycles. The highest BCUT2D eigenvalue weighted by Crippen LogP contribution is 2.31. The third-order valence-electron chi connectivity index (χ3n) is 3.83. The van der Waals surface area contributed by atoms with Crippen molar-refractivity contribution in [3.8, 4) is 11.1 Å². The monoisotopic (exact) mass is 400 g/mol. The van der Waals surface area contributed by atoms with Gasteiger partial charge in [0.15, 0.2) is 0 Å². The number of fused-ring (bicyclic) bond motifs is 1. The van der Waals surface area contributed by atoms with Crippen LogP contribution in [0.4, 0.5) is 0 Å². The van der Waals surface area contributed by atoms with Gasteiger partial charge in [0.05, 0.1) is 24.5 Å². The molecule has 120 valence electrons. The SMILES string of the molecule is Cn1cc(Cn2cnc3scc(-c4ccc(Br)cc4)c3c2=O)cn1. The molecule has 0 fully saturated rings. The van der Waals surface area contributed by atoms with Gasteiger partial charge in [0.2, 0.25) is 0 Å². The maximum atomic E-state index is 13.0. The number of thiophene rings is 1. The Hall–Kier alpha value is -2.25. The Morgan fingerprint density at radius 2 is 2.04 bits per heavy atom. The van der Waals surface area contributed by atoms with E-state index in [1.54, 1.807) is 21.8 Å². The van der Waals surface area contributed by atoms with E-state index in [2.05, 4.69) is 26.0 Å². The fraction of sp³-hybridized carbons (Fsp3) is 0.118. The maximum Gasteiger partial charge on any atom is 0.263 e. The summed E-state index contributed by atoms with van der Waals surface area (Å²) in [6.45, 7) is 0.464. The molecule has 3 heterocycles. The lowest BCUT2D eigenvalue weighted by Gasteiger charge is -2.05. The predicted octanol–water partition coefficient (Wildman–Crippen LogP) is 3.67. The van der Waals surface area contributed by atoms with E-state index in [1.807, 2.05) is 42.9 Å². The van der Waals surface area contributed by atoms with Crippen LogP contribution in [-0.4, -0.2) is 19.3 Å². The van der Waals surface area contributed by atoms with Crippen molar-refractivity contribution < 1.29 is 0 Å². The molecule has 4 aromatic rings. The molecular weight excluding hydrogens is 388 g/mol. The number of hydrogen-bond acceptors (Lipinski definition) is 4. The molecule has 1 aromatic carbocycles. The molecule has 24 heavy (non-hydrogen) atoms. The molecule has 4 rings (SSSR count). The van der Waals surface area contributed by atoms with E-state index in [9.17, 15) is 4.79 Å². The number of halogens is 1. The Kier molecular flexibility index (Phi) is 3.82. The molecule has 0 N–H and O–H groups in total. The van der Waals surface area contributed by atoms with Gasteiger partial charge in [-0.2, -0.15) is 5.10 Å². The highest BCUT2D eigenvalue weighted by molar-refractivity contribution is 9.10. The average Bonchev–Trinajstić information content (AvgIpc) is 3.18. The minimum atomic E-state index is -0.0250. The van der Waals surface area contributed by atoms with E-state index < -0.39 is 0 Å². The third kappa shape index (κ3) is 2.70. The molecule has 0 amide bonds.